The van der Waals surface area contributed by atoms with Crippen LogP contribution in [0.15, 0.2) is 17.0 Å². The molecule has 0 aliphatic heterocycles. The fourth-order valence-electron chi connectivity index (χ4n) is 1.37. The summed E-state index contributed by atoms with van der Waals surface area (Å²) >= 11 is 0. The van der Waals surface area contributed by atoms with E-state index >= 15 is 0 Å². The van der Waals surface area contributed by atoms with Gasteiger partial charge in [-0.25, -0.2) is 26.3 Å². The molecule has 1 rings (SSSR count). The number of sulfonamides is 1. The zero-order valence-corrected chi connectivity index (χ0v) is 10.5. The molecule has 0 fully saturated rings. The number of alkyl halides is 1. The summed E-state index contributed by atoms with van der Waals surface area (Å²) in [6.45, 7) is -1.52. The van der Waals surface area contributed by atoms with Gasteiger partial charge in [-0.2, -0.15) is 0 Å². The van der Waals surface area contributed by atoms with Gasteiger partial charge in [0, 0.05) is 18.7 Å². The van der Waals surface area contributed by atoms with E-state index in [1.165, 1.54) is 7.05 Å². The van der Waals surface area contributed by atoms with E-state index in [0.717, 1.165) is 12.1 Å². The molecule has 0 radical (unpaired) electrons. The third-order valence-electron chi connectivity index (χ3n) is 2.18. The maximum absolute atomic E-state index is 13.9. The fraction of sp³-hybridized carbons (Fsp3) is 0.400. The molecule has 4 nitrogen and oxygen atoms in total. The molecule has 0 aliphatic carbocycles. The monoisotopic (exact) mass is 282 g/mol. The highest BCUT2D eigenvalue weighted by atomic mass is 32.2. The second-order valence-electron chi connectivity index (χ2n) is 3.46. The summed E-state index contributed by atoms with van der Waals surface area (Å²) < 4.78 is 64.2. The molecule has 1 aromatic carbocycles. The highest BCUT2D eigenvalue weighted by Gasteiger charge is 2.22. The van der Waals surface area contributed by atoms with E-state index in [4.69, 9.17) is 0 Å². The summed E-state index contributed by atoms with van der Waals surface area (Å²) in [5, 5.41) is 2.53. The number of hydrogen-bond donors (Lipinski definition) is 2. The van der Waals surface area contributed by atoms with Crippen LogP contribution < -0.4 is 10.0 Å². The number of hydrogen-bond acceptors (Lipinski definition) is 3. The van der Waals surface area contributed by atoms with Crippen molar-refractivity contribution in [1.82, 2.24) is 10.0 Å². The minimum absolute atomic E-state index is 0.149. The normalized spacial score (nSPS) is 11.8. The summed E-state index contributed by atoms with van der Waals surface area (Å²) in [5.74, 6) is -2.01. The molecule has 0 heterocycles. The van der Waals surface area contributed by atoms with Gasteiger partial charge in [-0.15, -0.1) is 0 Å². The Morgan fingerprint density at radius 3 is 2.50 bits per heavy atom. The van der Waals surface area contributed by atoms with Crippen LogP contribution in [-0.4, -0.2) is 28.7 Å². The van der Waals surface area contributed by atoms with E-state index in [9.17, 15) is 21.6 Å². The zero-order valence-electron chi connectivity index (χ0n) is 9.63. The van der Waals surface area contributed by atoms with Crippen LogP contribution in [0.5, 0.6) is 0 Å². The van der Waals surface area contributed by atoms with Gasteiger partial charge in [0.1, 0.15) is 17.4 Å². The standard InChI is InChI=1S/C10H13F3N2O2S/c1-14-6-7-8(12)2-3-9(10(7)13)18(16,17)15-5-4-11/h2-3,14-15H,4-6H2,1H3. The van der Waals surface area contributed by atoms with Gasteiger partial charge in [-0.1, -0.05) is 0 Å². The van der Waals surface area contributed by atoms with Crippen molar-refractivity contribution in [3.8, 4) is 0 Å². The van der Waals surface area contributed by atoms with Crippen molar-refractivity contribution in [2.24, 2.45) is 0 Å². The quantitative estimate of drug-likeness (QED) is 0.816. The first kappa shape index (κ1) is 14.9. The van der Waals surface area contributed by atoms with Gasteiger partial charge >= 0.3 is 0 Å². The SMILES string of the molecule is CNCc1c(F)ccc(S(=O)(=O)NCCF)c1F. The van der Waals surface area contributed by atoms with Crippen LogP contribution in [0.3, 0.4) is 0 Å². The summed E-state index contributed by atoms with van der Waals surface area (Å²) in [5.41, 5.74) is -0.374. The minimum atomic E-state index is -4.17. The number of rotatable bonds is 6. The van der Waals surface area contributed by atoms with Gasteiger partial charge in [-0.05, 0) is 19.2 Å². The predicted octanol–water partition coefficient (Wildman–Crippen LogP) is 0.932. The summed E-state index contributed by atoms with van der Waals surface area (Å²) in [7, 11) is -2.70. The van der Waals surface area contributed by atoms with Crippen molar-refractivity contribution in [1.29, 1.82) is 0 Å². The van der Waals surface area contributed by atoms with Gasteiger partial charge < -0.3 is 5.32 Å². The predicted molar refractivity (Wildman–Crippen MR) is 60.3 cm³/mol. The first-order valence-electron chi connectivity index (χ1n) is 5.11. The van der Waals surface area contributed by atoms with E-state index < -0.39 is 39.8 Å². The van der Waals surface area contributed by atoms with E-state index in [0.29, 0.717) is 0 Å². The summed E-state index contributed by atoms with van der Waals surface area (Å²) in [6.07, 6.45) is 0. The van der Waals surface area contributed by atoms with Crippen molar-refractivity contribution in [3.05, 3.63) is 29.3 Å². The van der Waals surface area contributed by atoms with Crippen molar-refractivity contribution in [2.45, 2.75) is 11.4 Å². The van der Waals surface area contributed by atoms with Crippen LogP contribution in [0.25, 0.3) is 0 Å². The second kappa shape index (κ2) is 6.17. The number of nitrogens with one attached hydrogen (secondary N) is 2. The molecule has 0 saturated heterocycles. The first-order valence-corrected chi connectivity index (χ1v) is 6.59. The number of benzene rings is 1. The van der Waals surface area contributed by atoms with Gasteiger partial charge in [0.2, 0.25) is 10.0 Å². The second-order valence-corrected chi connectivity index (χ2v) is 5.19. The van der Waals surface area contributed by atoms with Crippen LogP contribution in [0.2, 0.25) is 0 Å². The molecule has 1 aromatic rings. The molecular weight excluding hydrogens is 269 g/mol. The lowest BCUT2D eigenvalue weighted by atomic mass is 10.2. The molecule has 2 N–H and O–H groups in total. The highest BCUT2D eigenvalue weighted by molar-refractivity contribution is 7.89. The van der Waals surface area contributed by atoms with Crippen molar-refractivity contribution in [3.63, 3.8) is 0 Å². The van der Waals surface area contributed by atoms with Gasteiger partial charge in [0.25, 0.3) is 0 Å². The Bertz CT molecular complexity index is 520. The molecule has 0 atom stereocenters. The molecule has 0 saturated carbocycles. The highest BCUT2D eigenvalue weighted by Crippen LogP contribution is 2.20. The lowest BCUT2D eigenvalue weighted by Crippen LogP contribution is -2.27. The third kappa shape index (κ3) is 3.21. The van der Waals surface area contributed by atoms with Crippen molar-refractivity contribution in [2.75, 3.05) is 20.3 Å². The Hall–Kier alpha value is -1.12. The molecule has 0 spiro atoms. The lowest BCUT2D eigenvalue weighted by Gasteiger charge is -2.10. The van der Waals surface area contributed by atoms with Crippen molar-refractivity contribution >= 4 is 10.0 Å². The van der Waals surface area contributed by atoms with E-state index in [1.807, 2.05) is 4.72 Å². The van der Waals surface area contributed by atoms with E-state index in [-0.39, 0.29) is 12.1 Å². The molecule has 0 bridgehead atoms. The van der Waals surface area contributed by atoms with Crippen LogP contribution >= 0.6 is 0 Å². The van der Waals surface area contributed by atoms with E-state index in [1.54, 1.807) is 0 Å². The molecule has 8 heteroatoms. The van der Waals surface area contributed by atoms with Crippen LogP contribution in [-0.2, 0) is 16.6 Å². The largest absolute Gasteiger partial charge is 0.315 e. The Morgan fingerprint density at radius 2 is 1.94 bits per heavy atom. The Balaban J connectivity index is 3.22. The first-order chi connectivity index (χ1) is 8.44. The van der Waals surface area contributed by atoms with Crippen LogP contribution in [0, 0.1) is 11.6 Å². The summed E-state index contributed by atoms with van der Waals surface area (Å²) in [6, 6.07) is 1.67. The molecule has 0 aromatic heterocycles. The maximum atomic E-state index is 13.9. The molecule has 18 heavy (non-hydrogen) atoms. The van der Waals surface area contributed by atoms with Gasteiger partial charge in [-0.3, -0.25) is 0 Å². The van der Waals surface area contributed by atoms with Gasteiger partial charge in [0.15, 0.2) is 5.82 Å². The average Bonchev–Trinajstić information content (AvgIpc) is 2.31. The third-order valence-corrected chi connectivity index (χ3v) is 3.66. The smallest absolute Gasteiger partial charge is 0.243 e. The topological polar surface area (TPSA) is 58.2 Å². The molecule has 102 valence electrons. The van der Waals surface area contributed by atoms with E-state index in [2.05, 4.69) is 5.32 Å². The maximum Gasteiger partial charge on any atom is 0.243 e. The lowest BCUT2D eigenvalue weighted by molar-refractivity contribution is 0.483. The molecule has 0 aliphatic rings. The molecule has 0 amide bonds. The minimum Gasteiger partial charge on any atom is -0.315 e. The van der Waals surface area contributed by atoms with Crippen LogP contribution in [0.4, 0.5) is 13.2 Å². The zero-order chi connectivity index (χ0) is 13.8. The Morgan fingerprint density at radius 1 is 1.28 bits per heavy atom. The van der Waals surface area contributed by atoms with Crippen LogP contribution in [0.1, 0.15) is 5.56 Å². The summed E-state index contributed by atoms with van der Waals surface area (Å²) in [4.78, 5) is -0.692. The fourth-order valence-corrected chi connectivity index (χ4v) is 2.48. The molecular formula is C10H13F3N2O2S. The van der Waals surface area contributed by atoms with Crippen molar-refractivity contribution < 1.29 is 21.6 Å². The molecule has 0 unspecified atom stereocenters. The Kier molecular flexibility index (Phi) is 5.12. The number of halogens is 3. The average molecular weight is 282 g/mol. The Labute approximate surface area is 103 Å². The van der Waals surface area contributed by atoms with Gasteiger partial charge in [0.05, 0.1) is 0 Å².